The summed E-state index contributed by atoms with van der Waals surface area (Å²) in [5.74, 6) is -8.84. The molecule has 3 fully saturated rings. The number of nitrogens with zero attached hydrogens (tertiary/aromatic N) is 1. The molecule has 2 bridgehead atoms. The van der Waals surface area contributed by atoms with Gasteiger partial charge in [-0.25, -0.2) is 17.9 Å². The first-order chi connectivity index (χ1) is 33.4. The van der Waals surface area contributed by atoms with E-state index in [0.29, 0.717) is 56.5 Å². The first kappa shape index (κ1) is 60.1. The maximum atomic E-state index is 14.2. The van der Waals surface area contributed by atoms with E-state index < -0.39 is 87.7 Å². The molecule has 402 valence electrons. The Bertz CT molecular complexity index is 2050. The normalized spacial score (nSPS) is 37.8. The van der Waals surface area contributed by atoms with Crippen molar-refractivity contribution >= 4 is 39.2 Å². The topological polar surface area (TPSA) is 231 Å². The van der Waals surface area contributed by atoms with E-state index in [9.17, 15) is 42.6 Å². The number of amides is 1. The van der Waals surface area contributed by atoms with E-state index in [1.165, 1.54) is 21.1 Å². The van der Waals surface area contributed by atoms with Crippen molar-refractivity contribution in [2.24, 2.45) is 29.6 Å². The minimum absolute atomic E-state index is 0.0286. The van der Waals surface area contributed by atoms with Crippen LogP contribution in [0.5, 0.6) is 0 Å². The number of methoxy groups -OCH3 is 2. The van der Waals surface area contributed by atoms with Crippen molar-refractivity contribution < 1.29 is 71.0 Å². The Balaban J connectivity index is 1.65. The number of likely N-dealkylation sites (N-methyl/N-ethyl adjacent to an activating group) is 1. The number of fused-ring (bicyclic) bond motifs is 2. The number of hydrogen-bond donors (Lipinski definition) is 3. The molecule has 14 atom stereocenters. The lowest BCUT2D eigenvalue weighted by atomic mass is 9.78. The molecule has 0 aromatic carbocycles. The first-order valence-corrected chi connectivity index (χ1v) is 27.4. The Labute approximate surface area is 422 Å². The van der Waals surface area contributed by atoms with Crippen LogP contribution in [0.3, 0.4) is 0 Å². The number of Topliss-reactive ketones (excluding diaryl/α,β-unsaturated/α-hetero) is 3. The monoisotopic (exact) mass is 1020 g/mol. The van der Waals surface area contributed by atoms with Crippen LogP contribution < -0.4 is 4.72 Å². The summed E-state index contributed by atoms with van der Waals surface area (Å²) in [6, 6.07) is -2.14. The Morgan fingerprint density at radius 3 is 2.23 bits per heavy atom. The summed E-state index contributed by atoms with van der Waals surface area (Å²) in [5, 5.41) is 23.3. The smallest absolute Gasteiger partial charge is 0.328 e. The number of nitrogens with one attached hydrogen (secondary N) is 1. The van der Waals surface area contributed by atoms with Crippen LogP contribution >= 0.6 is 0 Å². The molecule has 0 aromatic heterocycles. The third-order valence-electron chi connectivity index (χ3n) is 15.1. The van der Waals surface area contributed by atoms with Gasteiger partial charge in [-0.2, -0.15) is 0 Å². The van der Waals surface area contributed by atoms with Gasteiger partial charge in [0.25, 0.3) is 11.7 Å². The van der Waals surface area contributed by atoms with E-state index in [4.69, 9.17) is 28.4 Å². The number of sulfonamides is 1. The second-order valence-corrected chi connectivity index (χ2v) is 22.5. The summed E-state index contributed by atoms with van der Waals surface area (Å²) in [7, 11) is 0.539. The molecule has 0 radical (unpaired) electrons. The molecule has 3 aliphatic heterocycles. The number of ketones is 3. The summed E-state index contributed by atoms with van der Waals surface area (Å²) in [4.78, 5) is 70.9. The van der Waals surface area contributed by atoms with E-state index in [2.05, 4.69) is 4.72 Å². The molecule has 1 saturated carbocycles. The van der Waals surface area contributed by atoms with Crippen molar-refractivity contribution in [3.8, 4) is 0 Å². The van der Waals surface area contributed by atoms with Crippen molar-refractivity contribution in [1.82, 2.24) is 9.62 Å². The molecule has 71 heavy (non-hydrogen) atoms. The fourth-order valence-corrected chi connectivity index (χ4v) is 10.9. The van der Waals surface area contributed by atoms with Crippen LogP contribution in [0.1, 0.15) is 126 Å². The number of cyclic esters (lactones) is 1. The molecule has 4 aliphatic rings. The Kier molecular flexibility index (Phi) is 23.5. The molecule has 4 rings (SSSR count). The zero-order chi connectivity index (χ0) is 52.8. The Hall–Kier alpha value is -3.46. The number of hydrogen-bond acceptors (Lipinski definition) is 15. The first-order valence-electron chi connectivity index (χ1n) is 25.5. The summed E-state index contributed by atoms with van der Waals surface area (Å²) in [6.07, 6.45) is 13.0. The molecular weight excluding hydrogens is 937 g/mol. The van der Waals surface area contributed by atoms with Crippen LogP contribution in [0.25, 0.3) is 0 Å². The van der Waals surface area contributed by atoms with Gasteiger partial charge in [0, 0.05) is 64.7 Å². The largest absolute Gasteiger partial charge is 0.460 e. The van der Waals surface area contributed by atoms with Gasteiger partial charge in [-0.1, -0.05) is 69.7 Å². The van der Waals surface area contributed by atoms with Gasteiger partial charge in [-0.3, -0.25) is 19.2 Å². The lowest BCUT2D eigenvalue weighted by Crippen LogP contribution is -2.59. The van der Waals surface area contributed by atoms with Crippen LogP contribution in [0.4, 0.5) is 0 Å². The Morgan fingerprint density at radius 1 is 0.887 bits per heavy atom. The highest BCUT2D eigenvalue weighted by Gasteiger charge is 2.52. The minimum Gasteiger partial charge on any atom is -0.460 e. The zero-order valence-electron chi connectivity index (χ0n) is 44.0. The van der Waals surface area contributed by atoms with E-state index in [1.807, 2.05) is 13.0 Å². The Morgan fingerprint density at radius 2 is 1.58 bits per heavy atom. The van der Waals surface area contributed by atoms with Gasteiger partial charge in [0.1, 0.15) is 30.1 Å². The van der Waals surface area contributed by atoms with Gasteiger partial charge >= 0.3 is 5.97 Å². The van der Waals surface area contributed by atoms with Crippen LogP contribution in [-0.2, 0) is 62.4 Å². The summed E-state index contributed by atoms with van der Waals surface area (Å²) in [5.41, 5.74) is 0.974. The molecular formula is C53H84N2O15S. The standard InChI is InChI=1S/C53H84N2O15S/c1-32-17-15-13-12-14-16-18-33(2)47(57)49(66-10)48(58)36(5)27-34(3)43(56)31-45(35(4)28-39-20-22-44(46(29-39)65-9)68-40-23-25-67-26-24-40)69-52(61)38(7)55(8)51(60)50(59)53(62)37(6)19-21-41(70-53)30-42(32)54-71(11,63)64/h12-15,17,27,33-35,37-42,44-46,48-49,54,58,62H,16,18-26,28-31H2,1-11H3/b14-12+,15-13+,32-17+,36-27+/t33?,34?,35-,37+,38?,39+,41-,42?,44-,45?,46-,48?,49?,53+/m1/s1. The van der Waals surface area contributed by atoms with Crippen LogP contribution in [0.2, 0.25) is 0 Å². The summed E-state index contributed by atoms with van der Waals surface area (Å²) >= 11 is 0. The van der Waals surface area contributed by atoms with E-state index in [1.54, 1.807) is 72.1 Å². The van der Waals surface area contributed by atoms with Gasteiger partial charge in [-0.15, -0.1) is 0 Å². The summed E-state index contributed by atoms with van der Waals surface area (Å²) in [6.45, 7) is 13.0. The number of rotatable bonds is 9. The highest BCUT2D eigenvalue weighted by Crippen LogP contribution is 2.38. The lowest BCUT2D eigenvalue weighted by Gasteiger charge is -2.42. The predicted molar refractivity (Wildman–Crippen MR) is 267 cm³/mol. The fraction of sp³-hybridized carbons (Fsp3) is 0.755. The summed E-state index contributed by atoms with van der Waals surface area (Å²) < 4.78 is 63.4. The molecule has 2 saturated heterocycles. The van der Waals surface area contributed by atoms with Crippen molar-refractivity contribution in [3.05, 3.63) is 47.6 Å². The highest BCUT2D eigenvalue weighted by molar-refractivity contribution is 7.88. The second-order valence-electron chi connectivity index (χ2n) is 20.7. The molecule has 3 N–H and O–H groups in total. The molecule has 0 aromatic rings. The van der Waals surface area contributed by atoms with E-state index >= 15 is 0 Å². The van der Waals surface area contributed by atoms with Gasteiger partial charge in [0.05, 0.1) is 30.7 Å². The van der Waals surface area contributed by atoms with Crippen LogP contribution in [0.15, 0.2) is 47.6 Å². The van der Waals surface area contributed by atoms with Gasteiger partial charge < -0.3 is 43.5 Å². The number of carbonyl (C=O) groups is 5. The molecule has 18 heteroatoms. The molecule has 1 amide bonds. The molecule has 7 unspecified atom stereocenters. The predicted octanol–water partition coefficient (Wildman–Crippen LogP) is 5.51. The fourth-order valence-electron chi connectivity index (χ4n) is 10.1. The van der Waals surface area contributed by atoms with Gasteiger partial charge in [0.15, 0.2) is 5.78 Å². The number of aliphatic hydroxyl groups excluding tert-OH is 1. The SMILES string of the molecule is COC1C(=O)C(C)CC/C=C/C=C/C=C(\C)C(NS(C)(=O)=O)C[C@H]2CC[C@H](C)[C@](O)(O2)C(=O)C(=O)N(C)C(C)C(=O)OC([C@H](C)C[C@@H]2CC[C@@H](OC3CCOCC3)[C@H](OC)C2)CC(=O)C(C)/C=C(\C)C1O. The molecule has 1 aliphatic carbocycles. The third-order valence-corrected chi connectivity index (χ3v) is 15.8. The van der Waals surface area contributed by atoms with Crippen molar-refractivity contribution in [3.63, 3.8) is 0 Å². The van der Waals surface area contributed by atoms with E-state index in [0.717, 1.165) is 36.8 Å². The highest BCUT2D eigenvalue weighted by atomic mass is 32.2. The van der Waals surface area contributed by atoms with Crippen molar-refractivity contribution in [2.75, 3.05) is 40.7 Å². The van der Waals surface area contributed by atoms with Gasteiger partial charge in [0.2, 0.25) is 15.8 Å². The number of carbonyl (C=O) groups excluding carboxylic acids is 5. The van der Waals surface area contributed by atoms with Crippen molar-refractivity contribution in [2.45, 2.75) is 186 Å². The molecule has 0 spiro atoms. The number of ether oxygens (including phenoxy) is 6. The molecule has 3 heterocycles. The minimum atomic E-state index is -3.74. The van der Waals surface area contributed by atoms with Gasteiger partial charge in [-0.05, 0) is 109 Å². The lowest BCUT2D eigenvalue weighted by molar-refractivity contribution is -0.263. The number of allylic oxidation sites excluding steroid dienone is 6. The van der Waals surface area contributed by atoms with E-state index in [-0.39, 0.29) is 61.0 Å². The average molecular weight is 1020 g/mol. The zero-order valence-corrected chi connectivity index (χ0v) is 44.8. The quantitative estimate of drug-likeness (QED) is 0.147. The molecule has 17 nitrogen and oxygen atoms in total. The van der Waals surface area contributed by atoms with Crippen molar-refractivity contribution in [1.29, 1.82) is 0 Å². The second kappa shape index (κ2) is 27.7. The maximum absolute atomic E-state index is 14.2. The number of aliphatic hydroxyl groups is 2. The average Bonchev–Trinajstić information content (AvgIpc) is 3.33. The van der Waals surface area contributed by atoms with Crippen LogP contribution in [0, 0.1) is 29.6 Å². The maximum Gasteiger partial charge on any atom is 0.328 e. The van der Waals surface area contributed by atoms with Crippen LogP contribution in [-0.4, -0.2) is 154 Å². The number of esters is 1. The third kappa shape index (κ3) is 17.3.